The van der Waals surface area contributed by atoms with Gasteiger partial charge in [0.15, 0.2) is 0 Å². The average Bonchev–Trinajstić information content (AvgIpc) is 2.99. The van der Waals surface area contributed by atoms with Crippen LogP contribution in [0.15, 0.2) is 41.8 Å². The lowest BCUT2D eigenvalue weighted by Crippen LogP contribution is -2.34. The van der Waals surface area contributed by atoms with E-state index in [1.165, 1.54) is 16.9 Å². The number of hydrogen-bond donors (Lipinski definition) is 1. The summed E-state index contributed by atoms with van der Waals surface area (Å²) in [6.45, 7) is 7.81. The average molecular weight is 322 g/mol. The number of nitrogens with one attached hydrogen (secondary N) is 1. The second-order valence-electron chi connectivity index (χ2n) is 6.13. The molecular formula is C18H24ClNS. The highest BCUT2D eigenvalue weighted by Gasteiger charge is 2.23. The maximum Gasteiger partial charge on any atom is 0.0406 e. The van der Waals surface area contributed by atoms with Gasteiger partial charge in [0.25, 0.3) is 0 Å². The van der Waals surface area contributed by atoms with Crippen molar-refractivity contribution in [2.75, 3.05) is 6.54 Å². The van der Waals surface area contributed by atoms with E-state index in [0.29, 0.717) is 6.04 Å². The van der Waals surface area contributed by atoms with Crippen molar-refractivity contribution in [3.8, 4) is 0 Å². The van der Waals surface area contributed by atoms with Gasteiger partial charge in [-0.15, -0.1) is 11.3 Å². The SMILES string of the molecule is CCCC(NCC(C)(C)c1cccs1)c1ccc(Cl)cc1. The lowest BCUT2D eigenvalue weighted by Gasteiger charge is -2.28. The molecule has 1 heterocycles. The van der Waals surface area contributed by atoms with E-state index < -0.39 is 0 Å². The summed E-state index contributed by atoms with van der Waals surface area (Å²) in [5.74, 6) is 0. The Balaban J connectivity index is 2.05. The molecule has 1 N–H and O–H groups in total. The zero-order chi connectivity index (χ0) is 15.3. The Morgan fingerprint density at radius 3 is 2.48 bits per heavy atom. The van der Waals surface area contributed by atoms with Crippen LogP contribution in [0.1, 0.15) is 50.1 Å². The van der Waals surface area contributed by atoms with Crippen molar-refractivity contribution in [1.29, 1.82) is 0 Å². The summed E-state index contributed by atoms with van der Waals surface area (Å²) in [5, 5.41) is 6.70. The summed E-state index contributed by atoms with van der Waals surface area (Å²) in [5.41, 5.74) is 1.48. The van der Waals surface area contributed by atoms with Crippen molar-refractivity contribution in [3.63, 3.8) is 0 Å². The summed E-state index contributed by atoms with van der Waals surface area (Å²) in [4.78, 5) is 1.43. The van der Waals surface area contributed by atoms with Crippen LogP contribution in [0.3, 0.4) is 0 Å². The van der Waals surface area contributed by atoms with E-state index in [1.54, 1.807) is 0 Å². The highest BCUT2D eigenvalue weighted by atomic mass is 35.5. The van der Waals surface area contributed by atoms with Gasteiger partial charge in [0.1, 0.15) is 0 Å². The predicted octanol–water partition coefficient (Wildman–Crippen LogP) is 5.81. The molecular weight excluding hydrogens is 298 g/mol. The summed E-state index contributed by atoms with van der Waals surface area (Å²) in [6.07, 6.45) is 2.31. The molecule has 0 saturated carbocycles. The second kappa shape index (κ2) is 7.44. The Bertz CT molecular complexity index is 531. The molecule has 1 nitrogen and oxygen atoms in total. The molecule has 114 valence electrons. The number of halogens is 1. The van der Waals surface area contributed by atoms with Crippen LogP contribution in [0.25, 0.3) is 0 Å². The van der Waals surface area contributed by atoms with Crippen LogP contribution in [0.2, 0.25) is 5.02 Å². The first-order valence-corrected chi connectivity index (χ1v) is 8.81. The van der Waals surface area contributed by atoms with E-state index in [4.69, 9.17) is 11.6 Å². The molecule has 0 radical (unpaired) electrons. The Labute approximate surface area is 137 Å². The largest absolute Gasteiger partial charge is 0.309 e. The Hall–Kier alpha value is -0.830. The van der Waals surface area contributed by atoms with Crippen molar-refractivity contribution in [2.24, 2.45) is 0 Å². The van der Waals surface area contributed by atoms with Crippen molar-refractivity contribution in [2.45, 2.75) is 45.1 Å². The van der Waals surface area contributed by atoms with Gasteiger partial charge in [-0.3, -0.25) is 0 Å². The molecule has 1 unspecified atom stereocenters. The van der Waals surface area contributed by atoms with Crippen LogP contribution in [0.5, 0.6) is 0 Å². The monoisotopic (exact) mass is 321 g/mol. The van der Waals surface area contributed by atoms with Gasteiger partial charge in [0.2, 0.25) is 0 Å². The summed E-state index contributed by atoms with van der Waals surface area (Å²) in [7, 11) is 0. The van der Waals surface area contributed by atoms with E-state index in [0.717, 1.165) is 18.0 Å². The van der Waals surface area contributed by atoms with Gasteiger partial charge >= 0.3 is 0 Å². The molecule has 2 aromatic rings. The summed E-state index contributed by atoms with van der Waals surface area (Å²) >= 11 is 7.83. The van der Waals surface area contributed by atoms with Gasteiger partial charge in [-0.2, -0.15) is 0 Å². The van der Waals surface area contributed by atoms with Crippen LogP contribution < -0.4 is 5.32 Å². The van der Waals surface area contributed by atoms with Crippen molar-refractivity contribution >= 4 is 22.9 Å². The Morgan fingerprint density at radius 1 is 1.19 bits per heavy atom. The minimum atomic E-state index is 0.159. The quantitative estimate of drug-likeness (QED) is 0.678. The van der Waals surface area contributed by atoms with Gasteiger partial charge in [-0.1, -0.05) is 57.0 Å². The molecule has 21 heavy (non-hydrogen) atoms. The molecule has 2 rings (SSSR count). The van der Waals surface area contributed by atoms with E-state index in [2.05, 4.69) is 55.7 Å². The third-order valence-electron chi connectivity index (χ3n) is 3.83. The fraction of sp³-hybridized carbons (Fsp3) is 0.444. The van der Waals surface area contributed by atoms with Crippen molar-refractivity contribution in [1.82, 2.24) is 5.32 Å². The van der Waals surface area contributed by atoms with Crippen LogP contribution in [0, 0.1) is 0 Å². The molecule has 0 aliphatic carbocycles. The Kier molecular flexibility index (Phi) is 5.86. The lowest BCUT2D eigenvalue weighted by molar-refractivity contribution is 0.411. The first kappa shape index (κ1) is 16.5. The van der Waals surface area contributed by atoms with Gasteiger partial charge in [-0.25, -0.2) is 0 Å². The molecule has 1 aromatic carbocycles. The summed E-state index contributed by atoms with van der Waals surface area (Å²) < 4.78 is 0. The number of rotatable bonds is 7. The number of hydrogen-bond acceptors (Lipinski definition) is 2. The fourth-order valence-corrected chi connectivity index (χ4v) is 3.48. The number of benzene rings is 1. The minimum Gasteiger partial charge on any atom is -0.309 e. The highest BCUT2D eigenvalue weighted by Crippen LogP contribution is 2.28. The molecule has 0 aliphatic heterocycles. The highest BCUT2D eigenvalue weighted by molar-refractivity contribution is 7.10. The van der Waals surface area contributed by atoms with Crippen molar-refractivity contribution in [3.05, 3.63) is 57.2 Å². The van der Waals surface area contributed by atoms with Crippen LogP contribution >= 0.6 is 22.9 Å². The minimum absolute atomic E-state index is 0.159. The van der Waals surface area contributed by atoms with E-state index in [1.807, 2.05) is 23.5 Å². The molecule has 1 atom stereocenters. The molecule has 0 aliphatic rings. The standard InChI is InChI=1S/C18H24ClNS/c1-4-6-16(14-8-10-15(19)11-9-14)20-13-18(2,3)17-7-5-12-21-17/h5,7-12,16,20H,4,6,13H2,1-3H3. The molecule has 0 saturated heterocycles. The molecule has 0 bridgehead atoms. The maximum absolute atomic E-state index is 5.99. The van der Waals surface area contributed by atoms with Gasteiger partial charge in [-0.05, 0) is 35.6 Å². The Morgan fingerprint density at radius 2 is 1.90 bits per heavy atom. The third-order valence-corrected chi connectivity index (χ3v) is 5.32. The summed E-state index contributed by atoms with van der Waals surface area (Å²) in [6, 6.07) is 13.0. The van der Waals surface area contributed by atoms with E-state index in [9.17, 15) is 0 Å². The van der Waals surface area contributed by atoms with Gasteiger partial charge in [0, 0.05) is 27.9 Å². The molecule has 3 heteroatoms. The third kappa shape index (κ3) is 4.57. The molecule has 0 amide bonds. The van der Waals surface area contributed by atoms with Crippen LogP contribution in [-0.2, 0) is 5.41 Å². The first-order valence-electron chi connectivity index (χ1n) is 7.56. The fourth-order valence-electron chi connectivity index (χ4n) is 2.50. The second-order valence-corrected chi connectivity index (χ2v) is 7.52. The zero-order valence-electron chi connectivity index (χ0n) is 13.0. The predicted molar refractivity (Wildman–Crippen MR) is 94.4 cm³/mol. The topological polar surface area (TPSA) is 12.0 Å². The van der Waals surface area contributed by atoms with Gasteiger partial charge in [0.05, 0.1) is 0 Å². The van der Waals surface area contributed by atoms with E-state index in [-0.39, 0.29) is 5.41 Å². The van der Waals surface area contributed by atoms with Crippen LogP contribution in [0.4, 0.5) is 0 Å². The zero-order valence-corrected chi connectivity index (χ0v) is 14.6. The van der Waals surface area contributed by atoms with Crippen molar-refractivity contribution < 1.29 is 0 Å². The molecule has 0 fully saturated rings. The molecule has 1 aromatic heterocycles. The first-order chi connectivity index (χ1) is 10.0. The lowest BCUT2D eigenvalue weighted by atomic mass is 9.90. The smallest absolute Gasteiger partial charge is 0.0406 e. The normalized spacial score (nSPS) is 13.3. The maximum atomic E-state index is 5.99. The van der Waals surface area contributed by atoms with Gasteiger partial charge < -0.3 is 5.32 Å². The molecule has 0 spiro atoms. The van der Waals surface area contributed by atoms with E-state index >= 15 is 0 Å². The number of thiophene rings is 1. The van der Waals surface area contributed by atoms with Crippen LogP contribution in [-0.4, -0.2) is 6.54 Å².